The van der Waals surface area contributed by atoms with Crippen LogP contribution >= 0.6 is 24.4 Å². The molecule has 1 fully saturated rings. The summed E-state index contributed by atoms with van der Waals surface area (Å²) in [6.07, 6.45) is 4.37. The highest BCUT2D eigenvalue weighted by molar-refractivity contribution is 7.80. The van der Waals surface area contributed by atoms with Crippen LogP contribution in [0.25, 0.3) is 0 Å². The molecule has 0 aromatic rings. The second-order valence-corrected chi connectivity index (χ2v) is 6.93. The van der Waals surface area contributed by atoms with Gasteiger partial charge in [0.1, 0.15) is 0 Å². The maximum atomic E-state index is 5.29. The smallest absolute Gasteiger partial charge is 0.166 e. The van der Waals surface area contributed by atoms with E-state index >= 15 is 0 Å². The zero-order valence-electron chi connectivity index (χ0n) is 13.6. The minimum atomic E-state index is 0.445. The van der Waals surface area contributed by atoms with E-state index in [0.29, 0.717) is 12.1 Å². The minimum absolute atomic E-state index is 0.445. The van der Waals surface area contributed by atoms with Crippen molar-refractivity contribution >= 4 is 34.7 Å². The Morgan fingerprint density at radius 1 is 0.818 bits per heavy atom. The van der Waals surface area contributed by atoms with Crippen molar-refractivity contribution in [1.29, 1.82) is 0 Å². The maximum absolute atomic E-state index is 5.29. The summed E-state index contributed by atoms with van der Waals surface area (Å²) in [6, 6.07) is 0.889. The summed E-state index contributed by atoms with van der Waals surface area (Å²) in [6.45, 7) is 13.1. The Kier molecular flexibility index (Phi) is 8.42. The fourth-order valence-electron chi connectivity index (χ4n) is 2.32. The van der Waals surface area contributed by atoms with Gasteiger partial charge in [-0.15, -0.1) is 0 Å². The molecule has 0 atom stereocenters. The number of hydrogen-bond donors (Lipinski definition) is 4. The Balaban J connectivity index is 2.20. The standard InChI is InChI=1S/C16H28N4S2/c1-11(2)9-17-15(21)19-13-5-7-14(8-6-13)20-16(22)18-10-12(3)4/h13-14H,1,3,5-10H2,2,4H3,(H2,17,19,21)(H2,18,20,22). The van der Waals surface area contributed by atoms with Gasteiger partial charge in [-0.2, -0.15) is 0 Å². The highest BCUT2D eigenvalue weighted by atomic mass is 32.1. The highest BCUT2D eigenvalue weighted by Crippen LogP contribution is 2.18. The summed E-state index contributed by atoms with van der Waals surface area (Å²) in [5.74, 6) is 0. The summed E-state index contributed by atoms with van der Waals surface area (Å²) in [5.41, 5.74) is 2.15. The molecule has 0 saturated heterocycles. The van der Waals surface area contributed by atoms with Gasteiger partial charge in [0, 0.05) is 25.2 Å². The molecule has 124 valence electrons. The van der Waals surface area contributed by atoms with Crippen LogP contribution in [0.4, 0.5) is 0 Å². The van der Waals surface area contributed by atoms with Gasteiger partial charge in [0.25, 0.3) is 0 Å². The molecular weight excluding hydrogens is 312 g/mol. The fraction of sp³-hybridized carbons (Fsp3) is 0.625. The van der Waals surface area contributed by atoms with Crippen molar-refractivity contribution in [1.82, 2.24) is 21.3 Å². The molecule has 4 N–H and O–H groups in total. The summed E-state index contributed by atoms with van der Waals surface area (Å²) in [4.78, 5) is 0. The van der Waals surface area contributed by atoms with Crippen LogP contribution in [0, 0.1) is 0 Å². The number of thiocarbonyl (C=S) groups is 2. The molecule has 1 aliphatic carbocycles. The zero-order valence-corrected chi connectivity index (χ0v) is 15.3. The van der Waals surface area contributed by atoms with Crippen LogP contribution in [0.5, 0.6) is 0 Å². The molecule has 0 bridgehead atoms. The van der Waals surface area contributed by atoms with Crippen LogP contribution < -0.4 is 21.3 Å². The predicted octanol–water partition coefficient (Wildman–Crippen LogP) is 2.38. The minimum Gasteiger partial charge on any atom is -0.360 e. The van der Waals surface area contributed by atoms with E-state index in [2.05, 4.69) is 34.4 Å². The number of rotatable bonds is 6. The highest BCUT2D eigenvalue weighted by Gasteiger charge is 2.21. The van der Waals surface area contributed by atoms with E-state index in [4.69, 9.17) is 24.4 Å². The molecular formula is C16H28N4S2. The van der Waals surface area contributed by atoms with Gasteiger partial charge in [0.05, 0.1) is 0 Å². The number of nitrogens with one attached hydrogen (secondary N) is 4. The molecule has 0 aliphatic heterocycles. The lowest BCUT2D eigenvalue weighted by Gasteiger charge is -2.31. The third-order valence-electron chi connectivity index (χ3n) is 3.50. The van der Waals surface area contributed by atoms with E-state index < -0.39 is 0 Å². The lowest BCUT2D eigenvalue weighted by Crippen LogP contribution is -2.48. The van der Waals surface area contributed by atoms with E-state index in [1.165, 1.54) is 0 Å². The normalized spacial score (nSPS) is 20.6. The lowest BCUT2D eigenvalue weighted by atomic mass is 9.91. The monoisotopic (exact) mass is 340 g/mol. The summed E-state index contributed by atoms with van der Waals surface area (Å²) in [5, 5.41) is 14.5. The molecule has 0 aromatic heterocycles. The van der Waals surface area contributed by atoms with Crippen molar-refractivity contribution in [3.8, 4) is 0 Å². The van der Waals surface area contributed by atoms with Crippen LogP contribution in [0.15, 0.2) is 24.3 Å². The van der Waals surface area contributed by atoms with E-state index in [1.54, 1.807) is 0 Å². The summed E-state index contributed by atoms with van der Waals surface area (Å²) in [7, 11) is 0. The maximum Gasteiger partial charge on any atom is 0.166 e. The molecule has 0 radical (unpaired) electrons. The molecule has 1 saturated carbocycles. The lowest BCUT2D eigenvalue weighted by molar-refractivity contribution is 0.353. The van der Waals surface area contributed by atoms with Gasteiger partial charge in [-0.1, -0.05) is 24.3 Å². The van der Waals surface area contributed by atoms with Crippen LogP contribution in [-0.2, 0) is 0 Å². The van der Waals surface area contributed by atoms with E-state index in [9.17, 15) is 0 Å². The zero-order chi connectivity index (χ0) is 16.5. The summed E-state index contributed by atoms with van der Waals surface area (Å²) >= 11 is 10.6. The molecule has 0 heterocycles. The average Bonchev–Trinajstić information content (AvgIpc) is 2.45. The molecule has 4 nitrogen and oxygen atoms in total. The van der Waals surface area contributed by atoms with Gasteiger partial charge in [-0.3, -0.25) is 0 Å². The first-order chi connectivity index (χ1) is 10.4. The van der Waals surface area contributed by atoms with Gasteiger partial charge >= 0.3 is 0 Å². The fourth-order valence-corrected chi connectivity index (χ4v) is 2.79. The Labute approximate surface area is 145 Å². The van der Waals surface area contributed by atoms with Crippen molar-refractivity contribution in [2.45, 2.75) is 51.6 Å². The Bertz CT molecular complexity index is 386. The van der Waals surface area contributed by atoms with Crippen LogP contribution in [0.3, 0.4) is 0 Å². The quantitative estimate of drug-likeness (QED) is 0.440. The average molecular weight is 341 g/mol. The van der Waals surface area contributed by atoms with Crippen molar-refractivity contribution < 1.29 is 0 Å². The van der Waals surface area contributed by atoms with Gasteiger partial charge < -0.3 is 21.3 Å². The van der Waals surface area contributed by atoms with E-state index in [0.717, 1.165) is 60.1 Å². The predicted molar refractivity (Wildman–Crippen MR) is 103 cm³/mol. The second kappa shape index (κ2) is 9.79. The third-order valence-corrected chi connectivity index (χ3v) is 4.02. The summed E-state index contributed by atoms with van der Waals surface area (Å²) < 4.78 is 0. The van der Waals surface area contributed by atoms with E-state index in [1.807, 2.05) is 13.8 Å². The van der Waals surface area contributed by atoms with Gasteiger partial charge in [-0.05, 0) is 64.0 Å². The molecule has 0 spiro atoms. The number of hydrogen-bond acceptors (Lipinski definition) is 2. The van der Waals surface area contributed by atoms with Gasteiger partial charge in [0.2, 0.25) is 0 Å². The molecule has 1 aliphatic rings. The van der Waals surface area contributed by atoms with Gasteiger partial charge in [-0.25, -0.2) is 0 Å². The SMILES string of the molecule is C=C(C)CNC(=S)NC1CCC(NC(=S)NCC(=C)C)CC1. The van der Waals surface area contributed by atoms with Crippen LogP contribution in [0.1, 0.15) is 39.5 Å². The third kappa shape index (κ3) is 8.34. The van der Waals surface area contributed by atoms with Crippen molar-refractivity contribution in [2.24, 2.45) is 0 Å². The molecule has 0 amide bonds. The largest absolute Gasteiger partial charge is 0.360 e. The van der Waals surface area contributed by atoms with Crippen LogP contribution in [-0.4, -0.2) is 35.4 Å². The topological polar surface area (TPSA) is 48.1 Å². The Morgan fingerprint density at radius 3 is 1.41 bits per heavy atom. The molecule has 6 heteroatoms. The molecule has 0 aromatic carbocycles. The van der Waals surface area contributed by atoms with Crippen molar-refractivity contribution in [3.05, 3.63) is 24.3 Å². The molecule has 1 rings (SSSR count). The van der Waals surface area contributed by atoms with Crippen molar-refractivity contribution in [3.63, 3.8) is 0 Å². The molecule has 22 heavy (non-hydrogen) atoms. The Morgan fingerprint density at radius 2 is 1.14 bits per heavy atom. The second-order valence-electron chi connectivity index (χ2n) is 6.12. The molecule has 0 unspecified atom stereocenters. The van der Waals surface area contributed by atoms with Crippen molar-refractivity contribution in [2.75, 3.05) is 13.1 Å². The van der Waals surface area contributed by atoms with E-state index in [-0.39, 0.29) is 0 Å². The first kappa shape index (κ1) is 18.9. The first-order valence-corrected chi connectivity index (χ1v) is 8.56. The first-order valence-electron chi connectivity index (χ1n) is 7.74. The Hall–Kier alpha value is -1.14. The van der Waals surface area contributed by atoms with Crippen LogP contribution in [0.2, 0.25) is 0 Å². The van der Waals surface area contributed by atoms with Gasteiger partial charge in [0.15, 0.2) is 10.2 Å².